The van der Waals surface area contributed by atoms with Crippen LogP contribution in [0.15, 0.2) is 48.5 Å². The summed E-state index contributed by atoms with van der Waals surface area (Å²) in [6.45, 7) is 3.37. The van der Waals surface area contributed by atoms with Gasteiger partial charge >= 0.3 is 0 Å². The second-order valence-corrected chi connectivity index (χ2v) is 6.89. The number of primary amides is 1. The summed E-state index contributed by atoms with van der Waals surface area (Å²) < 4.78 is 5.38. The number of para-hydroxylation sites is 1. The first-order valence-electron chi connectivity index (χ1n) is 8.79. The highest BCUT2D eigenvalue weighted by Gasteiger charge is 2.24. The second-order valence-electron chi connectivity index (χ2n) is 6.45. The Balaban J connectivity index is 1.59. The molecule has 3 rings (SSSR count). The van der Waals surface area contributed by atoms with Gasteiger partial charge in [0.25, 0.3) is 11.8 Å². The van der Waals surface area contributed by atoms with Crippen LogP contribution in [0.25, 0.3) is 0 Å². The van der Waals surface area contributed by atoms with Crippen LogP contribution in [0.4, 0.5) is 0 Å². The van der Waals surface area contributed by atoms with E-state index in [0.717, 1.165) is 30.2 Å². The van der Waals surface area contributed by atoms with Gasteiger partial charge in [0.2, 0.25) is 0 Å². The Kier molecular flexibility index (Phi) is 6.32. The van der Waals surface area contributed by atoms with Crippen molar-refractivity contribution in [2.24, 2.45) is 5.73 Å². The molecule has 7 heteroatoms. The molecule has 0 saturated carbocycles. The van der Waals surface area contributed by atoms with E-state index in [0.29, 0.717) is 24.4 Å². The zero-order valence-corrected chi connectivity index (χ0v) is 15.7. The van der Waals surface area contributed by atoms with Gasteiger partial charge in [0.1, 0.15) is 5.75 Å². The average Bonchev–Trinajstić information content (AvgIpc) is 2.67. The number of amides is 2. The molecule has 0 spiro atoms. The van der Waals surface area contributed by atoms with E-state index in [1.54, 1.807) is 29.2 Å². The Hall–Kier alpha value is -2.57. The van der Waals surface area contributed by atoms with Crippen molar-refractivity contribution in [2.45, 2.75) is 6.54 Å². The minimum Gasteiger partial charge on any atom is -0.483 e. The quantitative estimate of drug-likeness (QED) is 0.824. The van der Waals surface area contributed by atoms with Gasteiger partial charge in [0.05, 0.1) is 5.56 Å². The van der Waals surface area contributed by atoms with Crippen LogP contribution >= 0.6 is 11.6 Å². The number of nitrogens with two attached hydrogens (primary N) is 1. The number of benzene rings is 2. The van der Waals surface area contributed by atoms with E-state index in [-0.39, 0.29) is 12.5 Å². The third-order valence-corrected chi connectivity index (χ3v) is 4.68. The number of hydrogen-bond acceptors (Lipinski definition) is 4. The van der Waals surface area contributed by atoms with E-state index in [4.69, 9.17) is 22.1 Å². The van der Waals surface area contributed by atoms with Crippen LogP contribution in [0.1, 0.15) is 15.9 Å². The summed E-state index contributed by atoms with van der Waals surface area (Å²) in [5.41, 5.74) is 6.73. The zero-order chi connectivity index (χ0) is 19.2. The van der Waals surface area contributed by atoms with E-state index >= 15 is 0 Å². The van der Waals surface area contributed by atoms with Crippen molar-refractivity contribution in [3.05, 3.63) is 64.7 Å². The second kappa shape index (κ2) is 8.88. The smallest absolute Gasteiger partial charge is 0.257 e. The van der Waals surface area contributed by atoms with Crippen molar-refractivity contribution in [3.63, 3.8) is 0 Å². The van der Waals surface area contributed by atoms with Crippen LogP contribution in [0.5, 0.6) is 5.75 Å². The summed E-state index contributed by atoms with van der Waals surface area (Å²) in [5.74, 6) is -0.299. The van der Waals surface area contributed by atoms with Gasteiger partial charge in [0, 0.05) is 37.7 Å². The van der Waals surface area contributed by atoms with Crippen molar-refractivity contribution >= 4 is 23.4 Å². The van der Waals surface area contributed by atoms with Gasteiger partial charge in [-0.2, -0.15) is 0 Å². The first kappa shape index (κ1) is 19.2. The number of hydrogen-bond donors (Lipinski definition) is 1. The van der Waals surface area contributed by atoms with Gasteiger partial charge in [-0.15, -0.1) is 0 Å². The number of halogens is 1. The molecular formula is C20H22ClN3O3. The van der Waals surface area contributed by atoms with Gasteiger partial charge in [-0.1, -0.05) is 35.9 Å². The number of rotatable bonds is 6. The molecule has 2 amide bonds. The fraction of sp³-hybridized carbons (Fsp3) is 0.300. The lowest BCUT2D eigenvalue weighted by atomic mass is 10.1. The summed E-state index contributed by atoms with van der Waals surface area (Å²) in [6, 6.07) is 14.7. The summed E-state index contributed by atoms with van der Waals surface area (Å²) in [5, 5.41) is 0.730. The molecule has 0 bridgehead atoms. The fourth-order valence-corrected chi connectivity index (χ4v) is 3.30. The summed E-state index contributed by atoms with van der Waals surface area (Å²) in [7, 11) is 0. The van der Waals surface area contributed by atoms with Gasteiger partial charge in [0.15, 0.2) is 6.61 Å². The van der Waals surface area contributed by atoms with Gasteiger partial charge in [-0.25, -0.2) is 0 Å². The van der Waals surface area contributed by atoms with Crippen molar-refractivity contribution in [2.75, 3.05) is 32.8 Å². The Labute approximate surface area is 163 Å². The number of nitrogens with zero attached hydrogens (tertiary/aromatic N) is 2. The number of ether oxygens (including phenoxy) is 1. The molecule has 0 aromatic heterocycles. The lowest BCUT2D eigenvalue weighted by Gasteiger charge is -2.35. The standard InChI is InChI=1S/C20H22ClN3O3/c21-16-5-3-4-15(12-16)13-23-8-10-24(11-9-23)20(26)17-6-1-2-7-18(17)27-14-19(22)25/h1-7,12H,8-11,13-14H2,(H2,22,25). The fourth-order valence-electron chi connectivity index (χ4n) is 3.09. The maximum absolute atomic E-state index is 12.9. The van der Waals surface area contributed by atoms with E-state index in [1.165, 1.54) is 0 Å². The highest BCUT2D eigenvalue weighted by Crippen LogP contribution is 2.21. The highest BCUT2D eigenvalue weighted by molar-refractivity contribution is 6.30. The molecule has 1 aliphatic heterocycles. The van der Waals surface area contributed by atoms with Crippen molar-refractivity contribution < 1.29 is 14.3 Å². The van der Waals surface area contributed by atoms with E-state index in [9.17, 15) is 9.59 Å². The first-order valence-corrected chi connectivity index (χ1v) is 9.17. The molecule has 0 radical (unpaired) electrons. The van der Waals surface area contributed by atoms with E-state index in [1.807, 2.05) is 18.2 Å². The van der Waals surface area contributed by atoms with Crippen molar-refractivity contribution in [1.82, 2.24) is 9.80 Å². The molecule has 1 saturated heterocycles. The molecule has 0 atom stereocenters. The number of carbonyl (C=O) groups is 2. The Morgan fingerprint density at radius 2 is 1.78 bits per heavy atom. The zero-order valence-electron chi connectivity index (χ0n) is 14.9. The van der Waals surface area contributed by atoms with Crippen LogP contribution < -0.4 is 10.5 Å². The molecule has 6 nitrogen and oxygen atoms in total. The Bertz CT molecular complexity index is 820. The molecule has 2 aromatic carbocycles. The van der Waals surface area contributed by atoms with Crippen LogP contribution in [-0.2, 0) is 11.3 Å². The molecule has 2 aromatic rings. The monoisotopic (exact) mass is 387 g/mol. The van der Waals surface area contributed by atoms with Crippen LogP contribution in [0.2, 0.25) is 5.02 Å². The number of carbonyl (C=O) groups excluding carboxylic acids is 2. The predicted octanol–water partition coefficient (Wildman–Crippen LogP) is 2.16. The third-order valence-electron chi connectivity index (χ3n) is 4.44. The lowest BCUT2D eigenvalue weighted by Crippen LogP contribution is -2.48. The van der Waals surface area contributed by atoms with Crippen molar-refractivity contribution in [3.8, 4) is 5.75 Å². The SMILES string of the molecule is NC(=O)COc1ccccc1C(=O)N1CCN(Cc2cccc(Cl)c2)CC1. The minimum atomic E-state index is -0.577. The number of piperazine rings is 1. The summed E-state index contributed by atoms with van der Waals surface area (Å²) in [6.07, 6.45) is 0. The molecular weight excluding hydrogens is 366 g/mol. The van der Waals surface area contributed by atoms with Gasteiger partial charge in [-0.3, -0.25) is 14.5 Å². The normalized spacial score (nSPS) is 14.8. The molecule has 1 heterocycles. The molecule has 1 fully saturated rings. The highest BCUT2D eigenvalue weighted by atomic mass is 35.5. The average molecular weight is 388 g/mol. The van der Waals surface area contributed by atoms with E-state index in [2.05, 4.69) is 11.0 Å². The predicted molar refractivity (Wildman–Crippen MR) is 104 cm³/mol. The van der Waals surface area contributed by atoms with E-state index < -0.39 is 5.91 Å². The molecule has 1 aliphatic rings. The topological polar surface area (TPSA) is 75.9 Å². The molecule has 2 N–H and O–H groups in total. The summed E-state index contributed by atoms with van der Waals surface area (Å²) in [4.78, 5) is 27.9. The minimum absolute atomic E-state index is 0.0996. The molecule has 142 valence electrons. The largest absolute Gasteiger partial charge is 0.483 e. The summed E-state index contributed by atoms with van der Waals surface area (Å²) >= 11 is 6.04. The van der Waals surface area contributed by atoms with Crippen LogP contribution in [0, 0.1) is 0 Å². The lowest BCUT2D eigenvalue weighted by molar-refractivity contribution is -0.119. The molecule has 0 aliphatic carbocycles. The maximum Gasteiger partial charge on any atom is 0.257 e. The van der Waals surface area contributed by atoms with Crippen LogP contribution in [-0.4, -0.2) is 54.4 Å². The molecule has 0 unspecified atom stereocenters. The maximum atomic E-state index is 12.9. The van der Waals surface area contributed by atoms with Gasteiger partial charge < -0.3 is 15.4 Å². The van der Waals surface area contributed by atoms with Crippen LogP contribution in [0.3, 0.4) is 0 Å². The Morgan fingerprint density at radius 3 is 2.48 bits per heavy atom. The third kappa shape index (κ3) is 5.21. The first-order chi connectivity index (χ1) is 13.0. The van der Waals surface area contributed by atoms with Crippen molar-refractivity contribution in [1.29, 1.82) is 0 Å². The molecule has 27 heavy (non-hydrogen) atoms. The van der Waals surface area contributed by atoms with Gasteiger partial charge in [-0.05, 0) is 29.8 Å². The Morgan fingerprint density at radius 1 is 1.04 bits per heavy atom.